The molecule has 2 fully saturated rings. The van der Waals surface area contributed by atoms with Crippen LogP contribution in [0.15, 0.2) is 30.5 Å². The van der Waals surface area contributed by atoms with E-state index in [1.165, 1.54) is 5.56 Å². The summed E-state index contributed by atoms with van der Waals surface area (Å²) in [5.74, 6) is 1.80. The maximum Gasteiger partial charge on any atom is 0.255 e. The number of aryl methyl sites for hydroxylation is 1. The van der Waals surface area contributed by atoms with Crippen LogP contribution in [0.4, 0.5) is 0 Å². The normalized spacial score (nSPS) is 22.2. The molecule has 5 nitrogen and oxygen atoms in total. The number of aromatic nitrogens is 2. The van der Waals surface area contributed by atoms with Crippen LogP contribution in [-0.4, -0.2) is 28.3 Å². The van der Waals surface area contributed by atoms with Gasteiger partial charge in [0.25, 0.3) is 5.91 Å². The van der Waals surface area contributed by atoms with Crippen LogP contribution in [0.5, 0.6) is 5.75 Å². The highest BCUT2D eigenvalue weighted by Crippen LogP contribution is 2.43. The first-order valence-corrected chi connectivity index (χ1v) is 8.73. The Kier molecular flexibility index (Phi) is 3.79. The summed E-state index contributed by atoms with van der Waals surface area (Å²) in [7, 11) is 1.88. The highest BCUT2D eigenvalue weighted by Gasteiger charge is 2.40. The summed E-state index contributed by atoms with van der Waals surface area (Å²) in [5.41, 5.74) is 2.97. The number of rotatable bonds is 6. The summed E-state index contributed by atoms with van der Waals surface area (Å²) >= 11 is 0. The topological polar surface area (TPSA) is 56.1 Å². The monoisotopic (exact) mass is 325 g/mol. The van der Waals surface area contributed by atoms with Crippen LogP contribution in [0.2, 0.25) is 0 Å². The van der Waals surface area contributed by atoms with Gasteiger partial charge in [-0.2, -0.15) is 5.10 Å². The first-order valence-electron chi connectivity index (χ1n) is 8.73. The van der Waals surface area contributed by atoms with Crippen molar-refractivity contribution in [1.29, 1.82) is 0 Å². The Balaban J connectivity index is 1.39. The minimum atomic E-state index is 0.0171. The molecular weight excluding hydrogens is 302 g/mol. The van der Waals surface area contributed by atoms with Crippen molar-refractivity contribution in [3.63, 3.8) is 0 Å². The number of nitrogens with one attached hydrogen (secondary N) is 1. The van der Waals surface area contributed by atoms with E-state index < -0.39 is 0 Å². The molecule has 2 saturated carbocycles. The molecule has 0 bridgehead atoms. The Bertz CT molecular complexity index is 746. The minimum Gasteiger partial charge on any atom is -0.494 e. The number of carbonyl (C=O) groups is 1. The van der Waals surface area contributed by atoms with Crippen LogP contribution in [0.25, 0.3) is 0 Å². The van der Waals surface area contributed by atoms with Gasteiger partial charge in [-0.1, -0.05) is 12.1 Å². The van der Waals surface area contributed by atoms with Crippen LogP contribution in [0.3, 0.4) is 0 Å². The largest absolute Gasteiger partial charge is 0.494 e. The van der Waals surface area contributed by atoms with Gasteiger partial charge in [0.15, 0.2) is 0 Å². The third-order valence-electron chi connectivity index (χ3n) is 4.79. The summed E-state index contributed by atoms with van der Waals surface area (Å²) in [4.78, 5) is 12.6. The number of carbonyl (C=O) groups excluding carboxylic acids is 1. The molecule has 0 aliphatic heterocycles. The second-order valence-electron chi connectivity index (χ2n) is 6.80. The Morgan fingerprint density at radius 2 is 2.08 bits per heavy atom. The van der Waals surface area contributed by atoms with Crippen molar-refractivity contribution >= 4 is 5.91 Å². The number of benzene rings is 1. The first kappa shape index (κ1) is 15.2. The molecule has 4 rings (SSSR count). The van der Waals surface area contributed by atoms with Crippen LogP contribution < -0.4 is 10.1 Å². The molecule has 1 aromatic carbocycles. The molecule has 1 N–H and O–H groups in total. The highest BCUT2D eigenvalue weighted by molar-refractivity contribution is 5.95. The molecule has 0 spiro atoms. The summed E-state index contributed by atoms with van der Waals surface area (Å²) in [6, 6.07) is 8.43. The van der Waals surface area contributed by atoms with Gasteiger partial charge in [0, 0.05) is 31.1 Å². The maximum absolute atomic E-state index is 12.6. The predicted molar refractivity (Wildman–Crippen MR) is 91.4 cm³/mol. The number of ether oxygens (including phenoxy) is 1. The molecule has 2 atom stereocenters. The Morgan fingerprint density at radius 3 is 2.75 bits per heavy atom. The van der Waals surface area contributed by atoms with Crippen molar-refractivity contribution in [3.8, 4) is 5.75 Å². The van der Waals surface area contributed by atoms with Gasteiger partial charge in [0.05, 0.1) is 17.9 Å². The second-order valence-corrected chi connectivity index (χ2v) is 6.80. The first-order chi connectivity index (χ1) is 11.7. The molecule has 1 aromatic heterocycles. The lowest BCUT2D eigenvalue weighted by Gasteiger charge is -2.06. The summed E-state index contributed by atoms with van der Waals surface area (Å²) in [6.45, 7) is 2.66. The van der Waals surface area contributed by atoms with Crippen molar-refractivity contribution in [2.45, 2.75) is 44.1 Å². The Labute approximate surface area is 142 Å². The number of nitrogens with zero attached hydrogens (tertiary/aromatic N) is 2. The zero-order valence-electron chi connectivity index (χ0n) is 14.2. The van der Waals surface area contributed by atoms with E-state index in [9.17, 15) is 4.79 Å². The van der Waals surface area contributed by atoms with E-state index in [0.29, 0.717) is 18.4 Å². The van der Waals surface area contributed by atoms with Crippen LogP contribution in [0, 0.1) is 0 Å². The lowest BCUT2D eigenvalue weighted by molar-refractivity contribution is 0.0949. The fraction of sp³-hybridized carbons (Fsp3) is 0.474. The summed E-state index contributed by atoms with van der Waals surface area (Å²) in [6.07, 6.45) is 5.14. The maximum atomic E-state index is 12.6. The van der Waals surface area contributed by atoms with E-state index in [0.717, 1.165) is 36.3 Å². The zero-order chi connectivity index (χ0) is 16.7. The third kappa shape index (κ3) is 3.03. The molecule has 2 aliphatic rings. The van der Waals surface area contributed by atoms with Gasteiger partial charge in [-0.15, -0.1) is 0 Å². The lowest BCUT2D eigenvalue weighted by atomic mass is 10.1. The van der Waals surface area contributed by atoms with Crippen molar-refractivity contribution in [2.75, 3.05) is 6.61 Å². The number of amides is 1. The average molecular weight is 325 g/mol. The fourth-order valence-electron chi connectivity index (χ4n) is 3.29. The molecule has 1 amide bonds. The van der Waals surface area contributed by atoms with Gasteiger partial charge in [-0.05, 0) is 43.9 Å². The van der Waals surface area contributed by atoms with Crippen LogP contribution in [0.1, 0.15) is 59.6 Å². The smallest absolute Gasteiger partial charge is 0.255 e. The van der Waals surface area contributed by atoms with Gasteiger partial charge in [0.2, 0.25) is 0 Å². The highest BCUT2D eigenvalue weighted by atomic mass is 16.5. The minimum absolute atomic E-state index is 0.0171. The van der Waals surface area contributed by atoms with E-state index in [2.05, 4.69) is 22.5 Å². The third-order valence-corrected chi connectivity index (χ3v) is 4.79. The molecule has 2 aromatic rings. The predicted octanol–water partition coefficient (Wildman–Crippen LogP) is 2.98. The van der Waals surface area contributed by atoms with Crippen molar-refractivity contribution < 1.29 is 9.53 Å². The number of hydrogen-bond donors (Lipinski definition) is 1. The van der Waals surface area contributed by atoms with Gasteiger partial charge in [0.1, 0.15) is 5.75 Å². The molecule has 0 saturated heterocycles. The van der Waals surface area contributed by atoms with Gasteiger partial charge < -0.3 is 10.1 Å². The van der Waals surface area contributed by atoms with Gasteiger partial charge in [-0.25, -0.2) is 0 Å². The molecular formula is C19H23N3O2. The van der Waals surface area contributed by atoms with E-state index in [-0.39, 0.29) is 11.9 Å². The zero-order valence-corrected chi connectivity index (χ0v) is 14.2. The van der Waals surface area contributed by atoms with Crippen LogP contribution in [-0.2, 0) is 7.05 Å². The quantitative estimate of drug-likeness (QED) is 0.888. The number of hydrogen-bond acceptors (Lipinski definition) is 3. The molecule has 5 heteroatoms. The second kappa shape index (κ2) is 5.96. The fourth-order valence-corrected chi connectivity index (χ4v) is 3.29. The molecule has 2 aliphatic carbocycles. The average Bonchev–Trinajstić information content (AvgIpc) is 3.48. The van der Waals surface area contributed by atoms with Crippen molar-refractivity contribution in [2.24, 2.45) is 7.05 Å². The summed E-state index contributed by atoms with van der Waals surface area (Å²) in [5, 5.41) is 7.64. The van der Waals surface area contributed by atoms with Crippen molar-refractivity contribution in [1.82, 2.24) is 15.1 Å². The standard InChI is InChI=1S/C19H23N3O2/c1-3-24-14-8-6-12(7-9-14)15-10-17(15)20-19(23)16-11-22(2)21-18(16)13-4-5-13/h6-9,11,13,15,17H,3-5,10H2,1-2H3,(H,20,23)/t15-,17+/m0/s1. The Hall–Kier alpha value is -2.30. The van der Waals surface area contributed by atoms with E-state index >= 15 is 0 Å². The Morgan fingerprint density at radius 1 is 1.33 bits per heavy atom. The van der Waals surface area contributed by atoms with Gasteiger partial charge >= 0.3 is 0 Å². The van der Waals surface area contributed by atoms with Crippen molar-refractivity contribution in [3.05, 3.63) is 47.3 Å². The van der Waals surface area contributed by atoms with E-state index in [1.807, 2.05) is 32.3 Å². The van der Waals surface area contributed by atoms with E-state index in [1.54, 1.807) is 4.68 Å². The molecule has 24 heavy (non-hydrogen) atoms. The van der Waals surface area contributed by atoms with Crippen LogP contribution >= 0.6 is 0 Å². The van der Waals surface area contributed by atoms with Gasteiger partial charge in [-0.3, -0.25) is 9.48 Å². The molecule has 0 unspecified atom stereocenters. The molecule has 0 radical (unpaired) electrons. The molecule has 126 valence electrons. The molecule has 1 heterocycles. The summed E-state index contributed by atoms with van der Waals surface area (Å²) < 4.78 is 7.22. The SMILES string of the molecule is CCOc1ccc([C@@H]2C[C@H]2NC(=O)c2cn(C)nc2C2CC2)cc1. The lowest BCUT2D eigenvalue weighted by Crippen LogP contribution is -2.27. The van der Waals surface area contributed by atoms with E-state index in [4.69, 9.17) is 4.74 Å².